The number of allylic oxidation sites excluding steroid dienone is 4. The van der Waals surface area contributed by atoms with E-state index < -0.39 is 16.6 Å². The van der Waals surface area contributed by atoms with E-state index in [1.165, 1.54) is 29.1 Å². The molecule has 1 aliphatic carbocycles. The van der Waals surface area contributed by atoms with Gasteiger partial charge in [-0.05, 0) is 38.3 Å². The van der Waals surface area contributed by atoms with E-state index in [1.54, 1.807) is 5.57 Å². The summed E-state index contributed by atoms with van der Waals surface area (Å²) >= 11 is -4.21. The van der Waals surface area contributed by atoms with Crippen molar-refractivity contribution in [1.29, 1.82) is 0 Å². The molecule has 0 saturated carbocycles. The van der Waals surface area contributed by atoms with Gasteiger partial charge in [-0.2, -0.15) is 0 Å². The van der Waals surface area contributed by atoms with E-state index in [9.17, 15) is 0 Å². The summed E-state index contributed by atoms with van der Waals surface area (Å²) in [7, 11) is 0. The molecule has 0 bridgehead atoms. The van der Waals surface area contributed by atoms with Gasteiger partial charge >= 0.3 is 27.0 Å². The van der Waals surface area contributed by atoms with Crippen molar-refractivity contribution >= 4 is 0 Å². The van der Waals surface area contributed by atoms with Gasteiger partial charge in [0.1, 0.15) is 0 Å². The fraction of sp³-hybridized carbons (Fsp3) is 0.545. The molecule has 1 radical (unpaired) electrons. The summed E-state index contributed by atoms with van der Waals surface area (Å²) < 4.78 is 25.8. The summed E-state index contributed by atoms with van der Waals surface area (Å²) in [5.74, 6) is 1.50. The van der Waals surface area contributed by atoms with Crippen LogP contribution in [-0.2, 0) is 27.0 Å². The Morgan fingerprint density at radius 1 is 0.867 bits per heavy atom. The third kappa shape index (κ3) is 3.89. The van der Waals surface area contributed by atoms with Gasteiger partial charge in [0.05, 0.1) is 0 Å². The predicted octanol–water partition coefficient (Wildman–Crippen LogP) is 3.30. The van der Waals surface area contributed by atoms with E-state index in [0.29, 0.717) is 0 Å². The molecule has 86 valence electrons. The molecule has 0 N–H and O–H groups in total. The summed E-state index contributed by atoms with van der Waals surface area (Å²) in [6, 6.07) is 0. The third-order valence-corrected chi connectivity index (χ3v) is 2.95. The van der Waals surface area contributed by atoms with E-state index in [2.05, 4.69) is 34.6 Å². The van der Waals surface area contributed by atoms with Gasteiger partial charge in [0, 0.05) is 5.92 Å². The standard InChI is InChI=1S/C11H17.3O.Re/c1-6-11-9(4)7(2)8(3)10(11)5;;;;/h6H2,1-5H3;;;;. The second kappa shape index (κ2) is 6.20. The molecule has 0 atom stereocenters. The molecule has 0 aromatic heterocycles. The first-order valence-electron chi connectivity index (χ1n) is 4.77. The van der Waals surface area contributed by atoms with Crippen molar-refractivity contribution in [1.82, 2.24) is 0 Å². The summed E-state index contributed by atoms with van der Waals surface area (Å²) in [6.07, 6.45) is 1.17. The van der Waals surface area contributed by atoms with Crippen LogP contribution in [0.4, 0.5) is 0 Å². The SMILES string of the molecule is CCC1=C(C)C(C)=C(C)[C]1C.[O]=[Re](=[O])=[O]. The fourth-order valence-electron chi connectivity index (χ4n) is 1.83. The maximum atomic E-state index is 8.60. The molecule has 1 rings (SSSR count). The molecule has 4 heteroatoms. The summed E-state index contributed by atoms with van der Waals surface area (Å²) in [6.45, 7) is 11.1. The molecular formula is C11H17O3Re. The van der Waals surface area contributed by atoms with Gasteiger partial charge < -0.3 is 0 Å². The second-order valence-electron chi connectivity index (χ2n) is 3.52. The first-order valence-corrected chi connectivity index (χ1v) is 8.10. The van der Waals surface area contributed by atoms with Crippen molar-refractivity contribution in [2.45, 2.75) is 41.0 Å². The molecule has 0 heterocycles. The fourth-order valence-corrected chi connectivity index (χ4v) is 1.83. The maximum absolute atomic E-state index is 8.60. The molecule has 3 nitrogen and oxygen atoms in total. The van der Waals surface area contributed by atoms with Crippen molar-refractivity contribution in [3.05, 3.63) is 28.2 Å². The van der Waals surface area contributed by atoms with Crippen LogP contribution in [0.1, 0.15) is 41.0 Å². The zero-order valence-electron chi connectivity index (χ0n) is 9.81. The molecule has 1 aliphatic rings. The van der Waals surface area contributed by atoms with Crippen LogP contribution < -0.4 is 0 Å². The van der Waals surface area contributed by atoms with E-state index in [4.69, 9.17) is 10.4 Å². The Bertz CT molecular complexity index is 391. The zero-order valence-corrected chi connectivity index (χ0v) is 12.5. The normalized spacial score (nSPS) is 16.6. The Balaban J connectivity index is 0.000000423. The Kier molecular flexibility index (Phi) is 6.01. The Hall–Kier alpha value is -0.458. The van der Waals surface area contributed by atoms with Crippen LogP contribution in [0.25, 0.3) is 0 Å². The molecule has 0 aromatic rings. The Labute approximate surface area is 96.4 Å². The van der Waals surface area contributed by atoms with Gasteiger partial charge in [-0.3, -0.25) is 0 Å². The van der Waals surface area contributed by atoms with E-state index >= 15 is 0 Å². The van der Waals surface area contributed by atoms with Crippen LogP contribution >= 0.6 is 0 Å². The van der Waals surface area contributed by atoms with Gasteiger partial charge in [0.25, 0.3) is 0 Å². The van der Waals surface area contributed by atoms with Crippen LogP contribution in [0, 0.1) is 5.92 Å². The van der Waals surface area contributed by atoms with E-state index in [0.717, 1.165) is 0 Å². The molecule has 0 unspecified atom stereocenters. The van der Waals surface area contributed by atoms with Gasteiger partial charge in [-0.25, -0.2) is 0 Å². The van der Waals surface area contributed by atoms with Crippen molar-refractivity contribution in [2.75, 3.05) is 0 Å². The van der Waals surface area contributed by atoms with Gasteiger partial charge in [0.2, 0.25) is 0 Å². The van der Waals surface area contributed by atoms with Crippen LogP contribution in [-0.4, -0.2) is 0 Å². The number of hydrogen-bond acceptors (Lipinski definition) is 3. The van der Waals surface area contributed by atoms with Crippen molar-refractivity contribution in [3.8, 4) is 0 Å². The number of hydrogen-bond donors (Lipinski definition) is 0. The topological polar surface area (TPSA) is 51.2 Å². The molecule has 0 aliphatic heterocycles. The predicted molar refractivity (Wildman–Crippen MR) is 52.3 cm³/mol. The average molecular weight is 383 g/mol. The number of rotatable bonds is 1. The first-order chi connectivity index (χ1) is 6.82. The molecule has 0 spiro atoms. The summed E-state index contributed by atoms with van der Waals surface area (Å²) in [4.78, 5) is 0. The van der Waals surface area contributed by atoms with Crippen molar-refractivity contribution in [2.24, 2.45) is 0 Å². The van der Waals surface area contributed by atoms with Gasteiger partial charge in [-0.15, -0.1) is 0 Å². The summed E-state index contributed by atoms with van der Waals surface area (Å²) in [5.41, 5.74) is 6.03. The van der Waals surface area contributed by atoms with Crippen LogP contribution in [0.15, 0.2) is 22.3 Å². The van der Waals surface area contributed by atoms with E-state index in [-0.39, 0.29) is 0 Å². The summed E-state index contributed by atoms with van der Waals surface area (Å²) in [5, 5.41) is 0. The van der Waals surface area contributed by atoms with Crippen LogP contribution in [0.3, 0.4) is 0 Å². The van der Waals surface area contributed by atoms with Crippen molar-refractivity contribution in [3.63, 3.8) is 0 Å². The van der Waals surface area contributed by atoms with Crippen LogP contribution in [0.5, 0.6) is 0 Å². The van der Waals surface area contributed by atoms with Crippen molar-refractivity contribution < 1.29 is 27.0 Å². The Morgan fingerprint density at radius 2 is 1.27 bits per heavy atom. The second-order valence-corrected chi connectivity index (χ2v) is 4.88. The Morgan fingerprint density at radius 3 is 1.40 bits per heavy atom. The molecule has 0 aromatic carbocycles. The third-order valence-electron chi connectivity index (χ3n) is 2.95. The van der Waals surface area contributed by atoms with Gasteiger partial charge in [-0.1, -0.05) is 25.0 Å². The van der Waals surface area contributed by atoms with Crippen LogP contribution in [0.2, 0.25) is 0 Å². The quantitative estimate of drug-likeness (QED) is 0.698. The monoisotopic (exact) mass is 384 g/mol. The van der Waals surface area contributed by atoms with Gasteiger partial charge in [0.15, 0.2) is 0 Å². The minimum atomic E-state index is -4.21. The molecule has 15 heavy (non-hydrogen) atoms. The molecule has 0 amide bonds. The molecule has 0 fully saturated rings. The van der Waals surface area contributed by atoms with E-state index in [1.807, 2.05) is 0 Å². The minimum absolute atomic E-state index is 1.17. The molecule has 0 saturated heterocycles. The first kappa shape index (κ1) is 14.5. The molecular weight excluding hydrogens is 366 g/mol. The average Bonchev–Trinajstić information content (AvgIpc) is 2.30. The zero-order chi connectivity index (χ0) is 12.2.